The van der Waals surface area contributed by atoms with Crippen molar-refractivity contribution in [2.45, 2.75) is 26.8 Å². The van der Waals surface area contributed by atoms with Crippen LogP contribution in [-0.2, 0) is 13.0 Å². The molecule has 0 fully saturated rings. The summed E-state index contributed by atoms with van der Waals surface area (Å²) in [5.41, 5.74) is 7.83. The van der Waals surface area contributed by atoms with Gasteiger partial charge in [0, 0.05) is 22.3 Å². The zero-order valence-corrected chi connectivity index (χ0v) is 11.9. The quantitative estimate of drug-likeness (QED) is 0.842. The van der Waals surface area contributed by atoms with E-state index < -0.39 is 0 Å². The Morgan fingerprint density at radius 3 is 2.95 bits per heavy atom. The van der Waals surface area contributed by atoms with Crippen molar-refractivity contribution >= 4 is 22.9 Å². The van der Waals surface area contributed by atoms with Crippen LogP contribution in [0.15, 0.2) is 24.4 Å². The molecule has 5 heteroatoms. The number of nitrogens with two attached hydrogens (primary N) is 1. The molecule has 1 heterocycles. The van der Waals surface area contributed by atoms with Gasteiger partial charge in [0.15, 0.2) is 0 Å². The number of benzene rings is 1. The van der Waals surface area contributed by atoms with Gasteiger partial charge in [0.25, 0.3) is 5.91 Å². The maximum absolute atomic E-state index is 12.1. The summed E-state index contributed by atoms with van der Waals surface area (Å²) in [7, 11) is 0. The lowest BCUT2D eigenvalue weighted by molar-refractivity contribution is 0.0950. The predicted octanol–water partition coefficient (Wildman–Crippen LogP) is 2.53. The minimum atomic E-state index is -0.113. The second-order valence-corrected chi connectivity index (χ2v) is 5.53. The molecule has 19 heavy (non-hydrogen) atoms. The Balaban J connectivity index is 2.03. The second kappa shape index (κ2) is 5.84. The summed E-state index contributed by atoms with van der Waals surface area (Å²) in [6, 6.07) is 5.34. The number of nitrogens with one attached hydrogen (secondary N) is 1. The van der Waals surface area contributed by atoms with Gasteiger partial charge in [-0.25, -0.2) is 4.98 Å². The molecule has 0 bridgehead atoms. The Hall–Kier alpha value is -1.88. The van der Waals surface area contributed by atoms with Crippen molar-refractivity contribution < 1.29 is 4.79 Å². The maximum Gasteiger partial charge on any atom is 0.251 e. The first-order valence-corrected chi connectivity index (χ1v) is 6.99. The van der Waals surface area contributed by atoms with Crippen LogP contribution in [0.5, 0.6) is 0 Å². The van der Waals surface area contributed by atoms with Crippen molar-refractivity contribution in [3.8, 4) is 0 Å². The Kier molecular flexibility index (Phi) is 4.16. The van der Waals surface area contributed by atoms with E-state index in [0.717, 1.165) is 17.0 Å². The van der Waals surface area contributed by atoms with Crippen LogP contribution in [-0.4, -0.2) is 10.9 Å². The number of amides is 1. The molecule has 0 aliphatic rings. The molecule has 0 aliphatic heterocycles. The van der Waals surface area contributed by atoms with Crippen molar-refractivity contribution in [3.05, 3.63) is 45.4 Å². The van der Waals surface area contributed by atoms with Gasteiger partial charge in [-0.1, -0.05) is 13.0 Å². The van der Waals surface area contributed by atoms with Crippen LogP contribution in [0.25, 0.3) is 0 Å². The molecule has 0 saturated heterocycles. The Morgan fingerprint density at radius 1 is 1.47 bits per heavy atom. The lowest BCUT2D eigenvalue weighted by atomic mass is 10.1. The molecule has 4 nitrogen and oxygen atoms in total. The van der Waals surface area contributed by atoms with E-state index in [2.05, 4.69) is 17.2 Å². The van der Waals surface area contributed by atoms with Crippen molar-refractivity contribution in [2.24, 2.45) is 0 Å². The molecule has 0 unspecified atom stereocenters. The first-order valence-electron chi connectivity index (χ1n) is 6.18. The summed E-state index contributed by atoms with van der Waals surface area (Å²) in [5.74, 6) is -0.113. The van der Waals surface area contributed by atoms with E-state index in [9.17, 15) is 4.79 Å². The van der Waals surface area contributed by atoms with E-state index in [1.807, 2.05) is 19.2 Å². The van der Waals surface area contributed by atoms with E-state index in [1.54, 1.807) is 23.5 Å². The Bertz CT molecular complexity index is 592. The highest BCUT2D eigenvalue weighted by atomic mass is 32.1. The molecule has 1 amide bonds. The number of carbonyl (C=O) groups excluding carboxylic acids is 1. The number of rotatable bonds is 4. The van der Waals surface area contributed by atoms with E-state index in [4.69, 9.17) is 5.73 Å². The number of aryl methyl sites for hydroxylation is 2. The van der Waals surface area contributed by atoms with Crippen LogP contribution in [0.4, 0.5) is 5.69 Å². The molecule has 0 radical (unpaired) electrons. The maximum atomic E-state index is 12.1. The van der Waals surface area contributed by atoms with Crippen LogP contribution in [0.2, 0.25) is 0 Å². The normalized spacial score (nSPS) is 10.4. The molecule has 2 aromatic rings. The number of thiazole rings is 1. The van der Waals surface area contributed by atoms with Crippen molar-refractivity contribution in [3.63, 3.8) is 0 Å². The zero-order chi connectivity index (χ0) is 13.8. The largest absolute Gasteiger partial charge is 0.399 e. The van der Waals surface area contributed by atoms with E-state index >= 15 is 0 Å². The van der Waals surface area contributed by atoms with Crippen LogP contribution < -0.4 is 11.1 Å². The molecule has 0 atom stereocenters. The number of anilines is 1. The summed E-state index contributed by atoms with van der Waals surface area (Å²) in [5, 5.41) is 3.80. The molecular formula is C14H17N3OS. The van der Waals surface area contributed by atoms with Gasteiger partial charge in [-0.3, -0.25) is 4.79 Å². The van der Waals surface area contributed by atoms with Crippen LogP contribution in [0, 0.1) is 6.92 Å². The Labute approximate surface area is 116 Å². The molecule has 0 aliphatic carbocycles. The van der Waals surface area contributed by atoms with Gasteiger partial charge in [0.1, 0.15) is 5.01 Å². The van der Waals surface area contributed by atoms with E-state index in [1.165, 1.54) is 4.88 Å². The lowest BCUT2D eigenvalue weighted by Gasteiger charge is -2.07. The molecule has 1 aromatic heterocycles. The van der Waals surface area contributed by atoms with Crippen LogP contribution >= 0.6 is 11.3 Å². The molecule has 1 aromatic carbocycles. The van der Waals surface area contributed by atoms with Crippen molar-refractivity contribution in [1.82, 2.24) is 10.3 Å². The van der Waals surface area contributed by atoms with Gasteiger partial charge in [0.2, 0.25) is 0 Å². The SMILES string of the molecule is CCc1cnc(CNC(=O)c2cc(N)ccc2C)s1. The topological polar surface area (TPSA) is 68.0 Å². The molecule has 0 saturated carbocycles. The van der Waals surface area contributed by atoms with E-state index in [-0.39, 0.29) is 5.91 Å². The summed E-state index contributed by atoms with van der Waals surface area (Å²) >= 11 is 1.63. The third-order valence-electron chi connectivity index (χ3n) is 2.86. The van der Waals surface area contributed by atoms with Gasteiger partial charge in [0.05, 0.1) is 6.54 Å². The number of hydrogen-bond donors (Lipinski definition) is 2. The number of carbonyl (C=O) groups is 1. The summed E-state index contributed by atoms with van der Waals surface area (Å²) in [4.78, 5) is 17.6. The third-order valence-corrected chi connectivity index (χ3v) is 4.00. The number of aromatic nitrogens is 1. The van der Waals surface area contributed by atoms with E-state index in [0.29, 0.717) is 17.8 Å². The third kappa shape index (κ3) is 3.32. The molecule has 3 N–H and O–H groups in total. The predicted molar refractivity (Wildman–Crippen MR) is 78.3 cm³/mol. The molecule has 2 rings (SSSR count). The fourth-order valence-electron chi connectivity index (χ4n) is 1.73. The molecule has 100 valence electrons. The highest BCUT2D eigenvalue weighted by Crippen LogP contribution is 2.15. The fraction of sp³-hybridized carbons (Fsp3) is 0.286. The monoisotopic (exact) mass is 275 g/mol. The van der Waals surface area contributed by atoms with Gasteiger partial charge >= 0.3 is 0 Å². The standard InChI is InChI=1S/C14H17N3OS/c1-3-11-7-16-13(19-11)8-17-14(18)12-6-10(15)5-4-9(12)2/h4-7H,3,8,15H2,1-2H3,(H,17,18). The lowest BCUT2D eigenvalue weighted by Crippen LogP contribution is -2.23. The highest BCUT2D eigenvalue weighted by Gasteiger charge is 2.10. The average molecular weight is 275 g/mol. The zero-order valence-electron chi connectivity index (χ0n) is 11.1. The minimum Gasteiger partial charge on any atom is -0.399 e. The van der Waals surface area contributed by atoms with Crippen molar-refractivity contribution in [1.29, 1.82) is 0 Å². The first-order chi connectivity index (χ1) is 9.10. The minimum absolute atomic E-state index is 0.113. The van der Waals surface area contributed by atoms with Gasteiger partial charge < -0.3 is 11.1 Å². The first kappa shape index (κ1) is 13.5. The highest BCUT2D eigenvalue weighted by molar-refractivity contribution is 7.11. The molecular weight excluding hydrogens is 258 g/mol. The van der Waals surface area contributed by atoms with Gasteiger partial charge in [-0.15, -0.1) is 11.3 Å². The number of nitrogens with zero attached hydrogens (tertiary/aromatic N) is 1. The summed E-state index contributed by atoms with van der Waals surface area (Å²) in [6.45, 7) is 4.44. The van der Waals surface area contributed by atoms with Crippen LogP contribution in [0.1, 0.15) is 32.7 Å². The molecule has 0 spiro atoms. The fourth-order valence-corrected chi connectivity index (χ4v) is 2.53. The van der Waals surface area contributed by atoms with Crippen LogP contribution in [0.3, 0.4) is 0 Å². The second-order valence-electron chi connectivity index (χ2n) is 4.33. The Morgan fingerprint density at radius 2 is 2.26 bits per heavy atom. The van der Waals surface area contributed by atoms with Gasteiger partial charge in [-0.2, -0.15) is 0 Å². The van der Waals surface area contributed by atoms with Gasteiger partial charge in [-0.05, 0) is 31.0 Å². The summed E-state index contributed by atoms with van der Waals surface area (Å²) < 4.78 is 0. The number of hydrogen-bond acceptors (Lipinski definition) is 4. The summed E-state index contributed by atoms with van der Waals surface area (Å²) in [6.07, 6.45) is 2.83. The number of nitrogen functional groups attached to an aromatic ring is 1. The van der Waals surface area contributed by atoms with Crippen molar-refractivity contribution in [2.75, 3.05) is 5.73 Å². The average Bonchev–Trinajstić information content (AvgIpc) is 2.87. The smallest absolute Gasteiger partial charge is 0.251 e.